The third kappa shape index (κ3) is 2.82. The molecule has 3 nitrogen and oxygen atoms in total. The van der Waals surface area contributed by atoms with Crippen molar-refractivity contribution in [1.82, 2.24) is 4.90 Å². The first kappa shape index (κ1) is 14.9. The topological polar surface area (TPSA) is 46.3 Å². The Labute approximate surface area is 117 Å². The minimum atomic E-state index is -0.863. The van der Waals surface area contributed by atoms with E-state index in [-0.39, 0.29) is 18.0 Å². The van der Waals surface area contributed by atoms with Crippen molar-refractivity contribution in [3.63, 3.8) is 0 Å². The molecule has 0 aromatic heterocycles. The molecule has 1 aliphatic rings. The van der Waals surface area contributed by atoms with E-state index in [4.69, 9.17) is 5.73 Å². The van der Waals surface area contributed by atoms with E-state index in [1.54, 1.807) is 6.92 Å². The van der Waals surface area contributed by atoms with Crippen molar-refractivity contribution in [1.29, 1.82) is 0 Å². The number of benzene rings is 1. The molecule has 110 valence electrons. The molecule has 0 heterocycles. The van der Waals surface area contributed by atoms with Gasteiger partial charge < -0.3 is 10.6 Å². The van der Waals surface area contributed by atoms with Crippen LogP contribution in [-0.2, 0) is 11.3 Å². The lowest BCUT2D eigenvalue weighted by atomic mass is 9.97. The van der Waals surface area contributed by atoms with Gasteiger partial charge in [0.25, 0.3) is 0 Å². The van der Waals surface area contributed by atoms with Crippen molar-refractivity contribution in [3.05, 3.63) is 35.4 Å². The molecule has 0 radical (unpaired) electrons. The van der Waals surface area contributed by atoms with Gasteiger partial charge in [-0.15, -0.1) is 0 Å². The molecular weight excluding hydrogens is 262 g/mol. The van der Waals surface area contributed by atoms with Gasteiger partial charge in [-0.2, -0.15) is 0 Å². The second-order valence-corrected chi connectivity index (χ2v) is 5.38. The Hall–Kier alpha value is -1.49. The third-order valence-corrected chi connectivity index (χ3v) is 4.00. The molecule has 1 amide bonds. The summed E-state index contributed by atoms with van der Waals surface area (Å²) in [5.41, 5.74) is 5.19. The van der Waals surface area contributed by atoms with Crippen LogP contribution in [0.2, 0.25) is 0 Å². The van der Waals surface area contributed by atoms with Gasteiger partial charge in [0.05, 0.1) is 12.1 Å². The van der Waals surface area contributed by atoms with Gasteiger partial charge in [-0.05, 0) is 31.9 Å². The maximum Gasteiger partial charge on any atom is 0.242 e. The smallest absolute Gasteiger partial charge is 0.242 e. The number of amides is 1. The molecule has 5 heteroatoms. The van der Waals surface area contributed by atoms with Gasteiger partial charge in [0.2, 0.25) is 5.91 Å². The summed E-state index contributed by atoms with van der Waals surface area (Å²) < 4.78 is 27.3. The van der Waals surface area contributed by atoms with Gasteiger partial charge in [0.1, 0.15) is 11.6 Å². The lowest BCUT2D eigenvalue weighted by Crippen LogP contribution is -2.53. The van der Waals surface area contributed by atoms with E-state index in [1.807, 2.05) is 0 Å². The Kier molecular flexibility index (Phi) is 4.38. The molecule has 20 heavy (non-hydrogen) atoms. The zero-order valence-corrected chi connectivity index (χ0v) is 11.7. The average Bonchev–Trinajstić information content (AvgIpc) is 2.86. The lowest BCUT2D eigenvalue weighted by molar-refractivity contribution is -0.137. The van der Waals surface area contributed by atoms with Crippen molar-refractivity contribution >= 4 is 5.91 Å². The second-order valence-electron chi connectivity index (χ2n) is 5.38. The summed E-state index contributed by atoms with van der Waals surface area (Å²) in [4.78, 5) is 13.9. The summed E-state index contributed by atoms with van der Waals surface area (Å²) in [6, 6.07) is 3.71. The molecule has 0 unspecified atom stereocenters. The van der Waals surface area contributed by atoms with Gasteiger partial charge in [-0.25, -0.2) is 8.78 Å². The number of nitrogens with two attached hydrogens (primary N) is 1. The number of rotatable bonds is 4. The van der Waals surface area contributed by atoms with E-state index in [1.165, 1.54) is 23.1 Å². The van der Waals surface area contributed by atoms with E-state index < -0.39 is 17.2 Å². The minimum Gasteiger partial charge on any atom is -0.337 e. The first-order chi connectivity index (χ1) is 9.48. The summed E-state index contributed by atoms with van der Waals surface area (Å²) in [7, 11) is 0. The molecule has 1 fully saturated rings. The molecule has 1 saturated carbocycles. The number of carbonyl (C=O) groups excluding carboxylic acids is 1. The van der Waals surface area contributed by atoms with Crippen LogP contribution in [0, 0.1) is 11.6 Å². The van der Waals surface area contributed by atoms with Crippen LogP contribution in [0.25, 0.3) is 0 Å². The second kappa shape index (κ2) is 5.87. The molecular formula is C15H20F2N2O. The molecule has 2 N–H and O–H groups in total. The van der Waals surface area contributed by atoms with Gasteiger partial charge in [-0.1, -0.05) is 18.9 Å². The summed E-state index contributed by atoms with van der Waals surface area (Å²) in [5, 5.41) is 0. The van der Waals surface area contributed by atoms with Crippen LogP contribution in [0.1, 0.15) is 38.2 Å². The molecule has 0 spiro atoms. The van der Waals surface area contributed by atoms with Crippen molar-refractivity contribution in [2.24, 2.45) is 5.73 Å². The maximum atomic E-state index is 13.7. The van der Waals surface area contributed by atoms with Crippen LogP contribution in [-0.4, -0.2) is 22.9 Å². The van der Waals surface area contributed by atoms with Crippen LogP contribution in [0.4, 0.5) is 8.78 Å². The highest BCUT2D eigenvalue weighted by Crippen LogP contribution is 2.29. The van der Waals surface area contributed by atoms with Gasteiger partial charge in [0.15, 0.2) is 0 Å². The highest BCUT2D eigenvalue weighted by atomic mass is 19.1. The number of nitrogens with zero attached hydrogens (tertiary/aromatic N) is 1. The van der Waals surface area contributed by atoms with E-state index in [0.717, 1.165) is 12.8 Å². The fourth-order valence-corrected chi connectivity index (χ4v) is 2.74. The highest BCUT2D eigenvalue weighted by molar-refractivity contribution is 5.86. The van der Waals surface area contributed by atoms with Gasteiger partial charge in [-0.3, -0.25) is 4.79 Å². The van der Waals surface area contributed by atoms with E-state index in [2.05, 4.69) is 0 Å². The molecule has 1 aromatic carbocycles. The standard InChI is InChI=1S/C15H20F2N2O/c1-2-19(14(20)15(18)8-3-4-9-15)10-11-12(16)6-5-7-13(11)17/h5-7H,2-4,8-10,18H2,1H3. The van der Waals surface area contributed by atoms with Crippen LogP contribution < -0.4 is 5.73 Å². The first-order valence-corrected chi connectivity index (χ1v) is 6.99. The molecule has 2 rings (SSSR count). The van der Waals surface area contributed by atoms with E-state index in [0.29, 0.717) is 19.4 Å². The number of hydrogen-bond acceptors (Lipinski definition) is 2. The predicted octanol–water partition coefficient (Wildman–Crippen LogP) is 2.58. The van der Waals surface area contributed by atoms with Crippen molar-refractivity contribution in [2.45, 2.75) is 44.7 Å². The monoisotopic (exact) mass is 282 g/mol. The zero-order chi connectivity index (χ0) is 14.8. The normalized spacial score (nSPS) is 17.2. The number of hydrogen-bond donors (Lipinski definition) is 1. The largest absolute Gasteiger partial charge is 0.337 e. The summed E-state index contributed by atoms with van der Waals surface area (Å²) in [6.07, 6.45) is 3.13. The fourth-order valence-electron chi connectivity index (χ4n) is 2.74. The number of likely N-dealkylation sites (N-methyl/N-ethyl adjacent to an activating group) is 1. The predicted molar refractivity (Wildman–Crippen MR) is 72.8 cm³/mol. The summed E-state index contributed by atoms with van der Waals surface area (Å²) in [5.74, 6) is -1.47. The molecule has 0 saturated heterocycles. The van der Waals surface area contributed by atoms with E-state index >= 15 is 0 Å². The Balaban J connectivity index is 2.19. The van der Waals surface area contributed by atoms with Gasteiger partial charge in [0, 0.05) is 12.1 Å². The third-order valence-electron chi connectivity index (χ3n) is 4.00. The molecule has 1 aromatic rings. The average molecular weight is 282 g/mol. The van der Waals surface area contributed by atoms with Crippen LogP contribution >= 0.6 is 0 Å². The minimum absolute atomic E-state index is 0.0766. The maximum absolute atomic E-state index is 13.7. The zero-order valence-electron chi connectivity index (χ0n) is 11.7. The fraction of sp³-hybridized carbons (Fsp3) is 0.533. The van der Waals surface area contributed by atoms with Crippen molar-refractivity contribution in [2.75, 3.05) is 6.54 Å². The highest BCUT2D eigenvalue weighted by Gasteiger charge is 2.39. The Bertz CT molecular complexity index is 478. The summed E-state index contributed by atoms with van der Waals surface area (Å²) >= 11 is 0. The van der Waals surface area contributed by atoms with Crippen LogP contribution in [0.3, 0.4) is 0 Å². The molecule has 0 bridgehead atoms. The Morgan fingerprint density at radius 3 is 2.35 bits per heavy atom. The molecule has 0 aliphatic heterocycles. The number of carbonyl (C=O) groups is 1. The van der Waals surface area contributed by atoms with Gasteiger partial charge >= 0.3 is 0 Å². The first-order valence-electron chi connectivity index (χ1n) is 6.99. The van der Waals surface area contributed by atoms with Crippen LogP contribution in [0.5, 0.6) is 0 Å². The van der Waals surface area contributed by atoms with Crippen molar-refractivity contribution < 1.29 is 13.6 Å². The number of halogens is 2. The quantitative estimate of drug-likeness (QED) is 0.922. The van der Waals surface area contributed by atoms with Crippen molar-refractivity contribution in [3.8, 4) is 0 Å². The lowest BCUT2D eigenvalue weighted by Gasteiger charge is -2.31. The molecule has 1 aliphatic carbocycles. The summed E-state index contributed by atoms with van der Waals surface area (Å²) in [6.45, 7) is 2.09. The SMILES string of the molecule is CCN(Cc1c(F)cccc1F)C(=O)C1(N)CCCC1. The van der Waals surface area contributed by atoms with E-state index in [9.17, 15) is 13.6 Å². The molecule has 0 atom stereocenters. The Morgan fingerprint density at radius 1 is 1.30 bits per heavy atom. The Morgan fingerprint density at radius 2 is 1.85 bits per heavy atom. The van der Waals surface area contributed by atoms with Crippen LogP contribution in [0.15, 0.2) is 18.2 Å².